The Hall–Kier alpha value is -2.04. The predicted molar refractivity (Wildman–Crippen MR) is 80.1 cm³/mol. The zero-order valence-corrected chi connectivity index (χ0v) is 13.0. The van der Waals surface area contributed by atoms with Gasteiger partial charge in [-0.25, -0.2) is 4.79 Å². The highest BCUT2D eigenvalue weighted by Gasteiger charge is 2.22. The maximum Gasteiger partial charge on any atom is 0.328 e. The monoisotopic (exact) mass is 293 g/mol. The van der Waals surface area contributed by atoms with Gasteiger partial charge in [-0.1, -0.05) is 26.0 Å². The third kappa shape index (κ3) is 5.85. The first kappa shape index (κ1) is 17.0. The summed E-state index contributed by atoms with van der Waals surface area (Å²) in [6.07, 6.45) is 0.774. The normalized spacial score (nSPS) is 11.9. The molecule has 1 rings (SSSR count). The Kier molecular flexibility index (Phi) is 6.72. The van der Waals surface area contributed by atoms with Gasteiger partial charge in [0, 0.05) is 0 Å². The molecule has 5 nitrogen and oxygen atoms in total. The van der Waals surface area contributed by atoms with E-state index in [1.807, 2.05) is 26.0 Å². The summed E-state index contributed by atoms with van der Waals surface area (Å²) < 4.78 is 9.79. The molecule has 0 aliphatic rings. The van der Waals surface area contributed by atoms with Crippen LogP contribution in [0.3, 0.4) is 0 Å². The molecule has 116 valence electrons. The maximum atomic E-state index is 12.0. The van der Waals surface area contributed by atoms with Gasteiger partial charge in [0.1, 0.15) is 11.8 Å². The standard InChI is InChI=1S/C16H23NO4/c1-11(2)9-14(16(19)21-4)17-15(18)10-12-5-7-13(20-3)8-6-12/h5-8,11,14H,9-10H2,1-4H3,(H,17,18). The zero-order valence-electron chi connectivity index (χ0n) is 13.0. The number of hydrogen-bond acceptors (Lipinski definition) is 4. The average Bonchev–Trinajstić information content (AvgIpc) is 2.46. The van der Waals surface area contributed by atoms with Crippen molar-refractivity contribution in [3.63, 3.8) is 0 Å². The molecule has 0 fully saturated rings. The second-order valence-corrected chi connectivity index (χ2v) is 5.30. The summed E-state index contributed by atoms with van der Waals surface area (Å²) >= 11 is 0. The molecule has 1 unspecified atom stereocenters. The number of benzene rings is 1. The largest absolute Gasteiger partial charge is 0.497 e. The molecule has 0 saturated carbocycles. The third-order valence-electron chi connectivity index (χ3n) is 3.05. The molecule has 1 amide bonds. The van der Waals surface area contributed by atoms with Crippen molar-refractivity contribution >= 4 is 11.9 Å². The Morgan fingerprint density at radius 1 is 1.14 bits per heavy atom. The van der Waals surface area contributed by atoms with Gasteiger partial charge in [-0.15, -0.1) is 0 Å². The number of esters is 1. The summed E-state index contributed by atoms with van der Waals surface area (Å²) in [5.41, 5.74) is 0.862. The van der Waals surface area contributed by atoms with Gasteiger partial charge >= 0.3 is 5.97 Å². The molecule has 1 aromatic rings. The Balaban J connectivity index is 2.61. The number of hydrogen-bond donors (Lipinski definition) is 1. The van der Waals surface area contributed by atoms with E-state index in [-0.39, 0.29) is 18.2 Å². The number of carbonyl (C=O) groups is 2. The number of rotatable bonds is 7. The van der Waals surface area contributed by atoms with Gasteiger partial charge in [-0.2, -0.15) is 0 Å². The minimum Gasteiger partial charge on any atom is -0.497 e. The highest BCUT2D eigenvalue weighted by Crippen LogP contribution is 2.12. The molecule has 1 N–H and O–H groups in total. The quantitative estimate of drug-likeness (QED) is 0.780. The lowest BCUT2D eigenvalue weighted by molar-refractivity contribution is -0.145. The number of carbonyl (C=O) groups excluding carboxylic acids is 2. The molecular weight excluding hydrogens is 270 g/mol. The molecule has 0 aliphatic carbocycles. The summed E-state index contributed by atoms with van der Waals surface area (Å²) in [5.74, 6) is 0.421. The first-order chi connectivity index (χ1) is 9.96. The summed E-state index contributed by atoms with van der Waals surface area (Å²) in [6, 6.07) is 6.66. The first-order valence-corrected chi connectivity index (χ1v) is 6.96. The third-order valence-corrected chi connectivity index (χ3v) is 3.05. The van der Waals surface area contributed by atoms with Crippen molar-refractivity contribution in [1.29, 1.82) is 0 Å². The molecule has 0 aromatic heterocycles. The number of amides is 1. The van der Waals surface area contributed by atoms with Crippen molar-refractivity contribution < 1.29 is 19.1 Å². The second-order valence-electron chi connectivity index (χ2n) is 5.30. The molecule has 1 aromatic carbocycles. The van der Waals surface area contributed by atoms with Crippen LogP contribution < -0.4 is 10.1 Å². The van der Waals surface area contributed by atoms with Crippen LogP contribution in [0.2, 0.25) is 0 Å². The zero-order chi connectivity index (χ0) is 15.8. The molecule has 0 saturated heterocycles. The fraction of sp³-hybridized carbons (Fsp3) is 0.500. The minimum absolute atomic E-state index is 0.198. The van der Waals surface area contributed by atoms with Gasteiger partial charge in [0.2, 0.25) is 5.91 Å². The lowest BCUT2D eigenvalue weighted by Crippen LogP contribution is -2.43. The number of nitrogens with one attached hydrogen (secondary N) is 1. The van der Waals surface area contributed by atoms with Crippen LogP contribution in [0, 0.1) is 5.92 Å². The molecular formula is C16H23NO4. The molecule has 0 spiro atoms. The molecule has 5 heteroatoms. The smallest absolute Gasteiger partial charge is 0.328 e. The fourth-order valence-corrected chi connectivity index (χ4v) is 2.00. The van der Waals surface area contributed by atoms with Crippen LogP contribution in [-0.2, 0) is 20.7 Å². The first-order valence-electron chi connectivity index (χ1n) is 6.96. The topological polar surface area (TPSA) is 64.6 Å². The van der Waals surface area contributed by atoms with Gasteiger partial charge < -0.3 is 14.8 Å². The molecule has 21 heavy (non-hydrogen) atoms. The van der Waals surface area contributed by atoms with Crippen molar-refractivity contribution in [3.8, 4) is 5.75 Å². The molecule has 0 aliphatic heterocycles. The van der Waals surface area contributed by atoms with Gasteiger partial charge in [0.15, 0.2) is 0 Å². The maximum absolute atomic E-state index is 12.0. The van der Waals surface area contributed by atoms with Crippen molar-refractivity contribution in [2.45, 2.75) is 32.7 Å². The van der Waals surface area contributed by atoms with E-state index in [4.69, 9.17) is 9.47 Å². The van der Waals surface area contributed by atoms with Crippen molar-refractivity contribution in [1.82, 2.24) is 5.32 Å². The Morgan fingerprint density at radius 2 is 1.76 bits per heavy atom. The van der Waals surface area contributed by atoms with Crippen LogP contribution in [-0.4, -0.2) is 32.1 Å². The van der Waals surface area contributed by atoms with Crippen molar-refractivity contribution in [2.75, 3.05) is 14.2 Å². The van der Waals surface area contributed by atoms with Crippen LogP contribution in [0.1, 0.15) is 25.8 Å². The highest BCUT2D eigenvalue weighted by atomic mass is 16.5. The van der Waals surface area contributed by atoms with Crippen LogP contribution >= 0.6 is 0 Å². The van der Waals surface area contributed by atoms with Crippen molar-refractivity contribution in [3.05, 3.63) is 29.8 Å². The lowest BCUT2D eigenvalue weighted by Gasteiger charge is -2.18. The van der Waals surface area contributed by atoms with E-state index in [1.54, 1.807) is 19.2 Å². The van der Waals surface area contributed by atoms with Gasteiger partial charge in [0.05, 0.1) is 20.6 Å². The lowest BCUT2D eigenvalue weighted by atomic mass is 10.0. The summed E-state index contributed by atoms with van der Waals surface area (Å²) in [6.45, 7) is 3.98. The number of ether oxygens (including phenoxy) is 2. The van der Waals surface area contributed by atoms with Crippen LogP contribution in [0.4, 0.5) is 0 Å². The van der Waals surface area contributed by atoms with Gasteiger partial charge in [-0.05, 0) is 30.0 Å². The highest BCUT2D eigenvalue weighted by molar-refractivity contribution is 5.85. The average molecular weight is 293 g/mol. The fourth-order valence-electron chi connectivity index (χ4n) is 2.00. The van der Waals surface area contributed by atoms with Crippen LogP contribution in [0.15, 0.2) is 24.3 Å². The van der Waals surface area contributed by atoms with E-state index in [1.165, 1.54) is 7.11 Å². The van der Waals surface area contributed by atoms with E-state index >= 15 is 0 Å². The van der Waals surface area contributed by atoms with E-state index in [0.717, 1.165) is 11.3 Å². The SMILES string of the molecule is COC(=O)C(CC(C)C)NC(=O)Cc1ccc(OC)cc1. The van der Waals surface area contributed by atoms with E-state index in [9.17, 15) is 9.59 Å². The van der Waals surface area contributed by atoms with E-state index in [0.29, 0.717) is 6.42 Å². The predicted octanol–water partition coefficient (Wildman–Crippen LogP) is 1.94. The molecule has 0 bridgehead atoms. The van der Waals surface area contributed by atoms with Crippen LogP contribution in [0.25, 0.3) is 0 Å². The Bertz CT molecular complexity index is 468. The van der Waals surface area contributed by atoms with E-state index < -0.39 is 12.0 Å². The summed E-state index contributed by atoms with van der Waals surface area (Å²) in [5, 5.41) is 2.73. The molecule has 0 heterocycles. The molecule has 1 atom stereocenters. The Labute approximate surface area is 125 Å². The van der Waals surface area contributed by atoms with Crippen LogP contribution in [0.5, 0.6) is 5.75 Å². The minimum atomic E-state index is -0.597. The van der Waals surface area contributed by atoms with Crippen molar-refractivity contribution in [2.24, 2.45) is 5.92 Å². The van der Waals surface area contributed by atoms with Gasteiger partial charge in [-0.3, -0.25) is 4.79 Å². The second kappa shape index (κ2) is 8.29. The summed E-state index contributed by atoms with van der Waals surface area (Å²) in [7, 11) is 2.92. The summed E-state index contributed by atoms with van der Waals surface area (Å²) in [4.78, 5) is 23.7. The Morgan fingerprint density at radius 3 is 2.24 bits per heavy atom. The number of methoxy groups -OCH3 is 2. The van der Waals surface area contributed by atoms with E-state index in [2.05, 4.69) is 5.32 Å². The van der Waals surface area contributed by atoms with Gasteiger partial charge in [0.25, 0.3) is 0 Å². The molecule has 0 radical (unpaired) electrons.